The van der Waals surface area contributed by atoms with E-state index >= 15 is 0 Å². The van der Waals surface area contributed by atoms with Crippen molar-refractivity contribution in [3.05, 3.63) is 28.5 Å². The summed E-state index contributed by atoms with van der Waals surface area (Å²) in [5, 5.41) is 12.3. The van der Waals surface area contributed by atoms with Gasteiger partial charge >= 0.3 is 0 Å². The first-order chi connectivity index (χ1) is 7.63. The predicted octanol–water partition coefficient (Wildman–Crippen LogP) is 2.40. The summed E-state index contributed by atoms with van der Waals surface area (Å²) in [6, 6.07) is 4.73. The number of aliphatic hydroxyl groups excluding tert-OH is 1. The third-order valence-electron chi connectivity index (χ3n) is 1.97. The number of hydrogen-bond acceptors (Lipinski definition) is 3. The second kappa shape index (κ2) is 6.83. The van der Waals surface area contributed by atoms with Crippen LogP contribution in [0.4, 0.5) is 10.1 Å². The minimum atomic E-state index is -0.636. The average molecular weight is 292 g/mol. The van der Waals surface area contributed by atoms with Gasteiger partial charge in [-0.1, -0.05) is 15.9 Å². The Labute approximate surface area is 103 Å². The van der Waals surface area contributed by atoms with Crippen LogP contribution in [-0.2, 0) is 4.74 Å². The van der Waals surface area contributed by atoms with E-state index in [2.05, 4.69) is 21.2 Å². The number of halogens is 2. The van der Waals surface area contributed by atoms with E-state index in [9.17, 15) is 9.50 Å². The lowest BCUT2D eigenvalue weighted by atomic mass is 10.3. The zero-order chi connectivity index (χ0) is 12.0. The third kappa shape index (κ3) is 4.47. The highest BCUT2D eigenvalue weighted by molar-refractivity contribution is 9.10. The summed E-state index contributed by atoms with van der Waals surface area (Å²) < 4.78 is 19.1. The van der Waals surface area contributed by atoms with Gasteiger partial charge in [0, 0.05) is 17.6 Å². The first-order valence-corrected chi connectivity index (χ1v) is 5.87. The SMILES string of the molecule is CCOCC(O)CNc1ccc(Br)cc1F. The van der Waals surface area contributed by atoms with Gasteiger partial charge < -0.3 is 15.2 Å². The van der Waals surface area contributed by atoms with Crippen molar-refractivity contribution in [2.24, 2.45) is 0 Å². The molecule has 5 heteroatoms. The molecule has 0 saturated heterocycles. The van der Waals surface area contributed by atoms with E-state index in [1.807, 2.05) is 6.92 Å². The molecule has 1 atom stereocenters. The van der Waals surface area contributed by atoms with Crippen LogP contribution in [0.2, 0.25) is 0 Å². The fourth-order valence-electron chi connectivity index (χ4n) is 1.17. The Hall–Kier alpha value is -0.650. The lowest BCUT2D eigenvalue weighted by molar-refractivity contribution is 0.0495. The molecule has 16 heavy (non-hydrogen) atoms. The van der Waals surface area contributed by atoms with Crippen LogP contribution in [0.5, 0.6) is 0 Å². The van der Waals surface area contributed by atoms with Crippen molar-refractivity contribution >= 4 is 21.6 Å². The fourth-order valence-corrected chi connectivity index (χ4v) is 1.51. The van der Waals surface area contributed by atoms with E-state index < -0.39 is 6.10 Å². The number of hydrogen-bond donors (Lipinski definition) is 2. The molecule has 0 heterocycles. The Bertz CT molecular complexity index is 336. The molecule has 0 amide bonds. The largest absolute Gasteiger partial charge is 0.389 e. The summed E-state index contributed by atoms with van der Waals surface area (Å²) in [6.07, 6.45) is -0.636. The zero-order valence-electron chi connectivity index (χ0n) is 9.04. The fraction of sp³-hybridized carbons (Fsp3) is 0.455. The van der Waals surface area contributed by atoms with Crippen LogP contribution in [0, 0.1) is 5.82 Å². The second-order valence-electron chi connectivity index (χ2n) is 3.32. The topological polar surface area (TPSA) is 41.5 Å². The van der Waals surface area contributed by atoms with Gasteiger partial charge in [0.15, 0.2) is 0 Å². The number of benzene rings is 1. The second-order valence-corrected chi connectivity index (χ2v) is 4.23. The van der Waals surface area contributed by atoms with Gasteiger partial charge in [0.25, 0.3) is 0 Å². The van der Waals surface area contributed by atoms with E-state index in [0.29, 0.717) is 16.8 Å². The first kappa shape index (κ1) is 13.4. The van der Waals surface area contributed by atoms with Crippen LogP contribution < -0.4 is 5.32 Å². The summed E-state index contributed by atoms with van der Waals surface area (Å²) >= 11 is 3.17. The van der Waals surface area contributed by atoms with Crippen molar-refractivity contribution in [1.29, 1.82) is 0 Å². The number of rotatable bonds is 6. The molecule has 2 N–H and O–H groups in total. The van der Waals surface area contributed by atoms with Gasteiger partial charge in [-0.05, 0) is 25.1 Å². The van der Waals surface area contributed by atoms with Crippen molar-refractivity contribution in [3.63, 3.8) is 0 Å². The number of nitrogens with one attached hydrogen (secondary N) is 1. The van der Waals surface area contributed by atoms with Crippen LogP contribution in [0.3, 0.4) is 0 Å². The Morgan fingerprint density at radius 1 is 1.56 bits per heavy atom. The molecule has 1 rings (SSSR count). The van der Waals surface area contributed by atoms with Crippen molar-refractivity contribution in [2.75, 3.05) is 25.1 Å². The molecule has 0 saturated carbocycles. The van der Waals surface area contributed by atoms with Gasteiger partial charge in [0.1, 0.15) is 5.82 Å². The van der Waals surface area contributed by atoms with Crippen molar-refractivity contribution < 1.29 is 14.2 Å². The molecule has 0 spiro atoms. The number of ether oxygens (including phenoxy) is 1. The van der Waals surface area contributed by atoms with Gasteiger partial charge in [-0.15, -0.1) is 0 Å². The summed E-state index contributed by atoms with van der Waals surface area (Å²) in [7, 11) is 0. The number of anilines is 1. The van der Waals surface area contributed by atoms with E-state index in [1.54, 1.807) is 12.1 Å². The summed E-state index contributed by atoms with van der Waals surface area (Å²) in [4.78, 5) is 0. The normalized spacial score (nSPS) is 12.5. The lowest BCUT2D eigenvalue weighted by Gasteiger charge is -2.13. The highest BCUT2D eigenvalue weighted by Gasteiger charge is 2.06. The van der Waals surface area contributed by atoms with Crippen LogP contribution in [0.1, 0.15) is 6.92 Å². The van der Waals surface area contributed by atoms with Crippen LogP contribution in [-0.4, -0.2) is 31.0 Å². The third-order valence-corrected chi connectivity index (χ3v) is 2.47. The van der Waals surface area contributed by atoms with Gasteiger partial charge in [-0.2, -0.15) is 0 Å². The molecule has 0 aromatic heterocycles. The summed E-state index contributed by atoms with van der Waals surface area (Å²) in [5.41, 5.74) is 0.374. The molecule has 90 valence electrons. The zero-order valence-corrected chi connectivity index (χ0v) is 10.6. The Balaban J connectivity index is 2.42. The van der Waals surface area contributed by atoms with Crippen molar-refractivity contribution in [1.82, 2.24) is 0 Å². The first-order valence-electron chi connectivity index (χ1n) is 5.08. The highest BCUT2D eigenvalue weighted by Crippen LogP contribution is 2.19. The smallest absolute Gasteiger partial charge is 0.147 e. The molecular formula is C11H15BrFNO2. The molecule has 0 aliphatic carbocycles. The van der Waals surface area contributed by atoms with Gasteiger partial charge in [0.2, 0.25) is 0 Å². The maximum Gasteiger partial charge on any atom is 0.147 e. The van der Waals surface area contributed by atoms with E-state index in [0.717, 1.165) is 0 Å². The standard InChI is InChI=1S/C11H15BrFNO2/c1-2-16-7-9(15)6-14-11-4-3-8(12)5-10(11)13/h3-5,9,14-15H,2,6-7H2,1H3. The Morgan fingerprint density at radius 3 is 2.94 bits per heavy atom. The van der Waals surface area contributed by atoms with Crippen molar-refractivity contribution in [3.8, 4) is 0 Å². The number of aliphatic hydroxyl groups is 1. The maximum absolute atomic E-state index is 13.3. The minimum Gasteiger partial charge on any atom is -0.389 e. The minimum absolute atomic E-state index is 0.252. The molecule has 3 nitrogen and oxygen atoms in total. The van der Waals surface area contributed by atoms with Crippen LogP contribution in [0.25, 0.3) is 0 Å². The monoisotopic (exact) mass is 291 g/mol. The molecule has 1 aromatic carbocycles. The quantitative estimate of drug-likeness (QED) is 0.846. The Kier molecular flexibility index (Phi) is 5.73. The van der Waals surface area contributed by atoms with E-state index in [1.165, 1.54) is 6.07 Å². The molecular weight excluding hydrogens is 277 g/mol. The van der Waals surface area contributed by atoms with Gasteiger partial charge in [0.05, 0.1) is 18.4 Å². The average Bonchev–Trinajstić information content (AvgIpc) is 2.25. The molecule has 0 bridgehead atoms. The molecule has 0 aliphatic heterocycles. The van der Waals surface area contributed by atoms with Crippen molar-refractivity contribution in [2.45, 2.75) is 13.0 Å². The Morgan fingerprint density at radius 2 is 2.31 bits per heavy atom. The maximum atomic E-state index is 13.3. The van der Waals surface area contributed by atoms with E-state index in [4.69, 9.17) is 4.74 Å². The summed E-state index contributed by atoms with van der Waals surface area (Å²) in [5.74, 6) is -0.349. The molecule has 0 fully saturated rings. The van der Waals surface area contributed by atoms with Crippen LogP contribution >= 0.6 is 15.9 Å². The highest BCUT2D eigenvalue weighted by atomic mass is 79.9. The van der Waals surface area contributed by atoms with Gasteiger partial charge in [-0.25, -0.2) is 4.39 Å². The van der Waals surface area contributed by atoms with Gasteiger partial charge in [-0.3, -0.25) is 0 Å². The lowest BCUT2D eigenvalue weighted by Crippen LogP contribution is -2.25. The molecule has 0 radical (unpaired) electrons. The molecule has 1 aromatic rings. The molecule has 1 unspecified atom stereocenters. The molecule has 0 aliphatic rings. The summed E-state index contributed by atoms with van der Waals surface area (Å²) in [6.45, 7) is 2.93. The van der Waals surface area contributed by atoms with Crippen LogP contribution in [0.15, 0.2) is 22.7 Å². The van der Waals surface area contributed by atoms with E-state index in [-0.39, 0.29) is 19.0 Å². The predicted molar refractivity (Wildman–Crippen MR) is 65.1 cm³/mol.